The molecule has 0 radical (unpaired) electrons. The molecule has 2 rings (SSSR count). The zero-order valence-electron chi connectivity index (χ0n) is 10.7. The molecule has 0 amide bonds. The van der Waals surface area contributed by atoms with Crippen LogP contribution in [0.15, 0.2) is 18.2 Å². The van der Waals surface area contributed by atoms with E-state index in [1.807, 2.05) is 6.07 Å². The zero-order chi connectivity index (χ0) is 12.6. The molecule has 1 heterocycles. The van der Waals surface area contributed by atoms with Gasteiger partial charge in [0.05, 0.1) is 6.10 Å². The van der Waals surface area contributed by atoms with Gasteiger partial charge in [-0.05, 0) is 45.7 Å². The van der Waals surface area contributed by atoms with Crippen LogP contribution in [0.1, 0.15) is 45.3 Å². The molecule has 94 valence electrons. The van der Waals surface area contributed by atoms with Crippen molar-refractivity contribution in [3.63, 3.8) is 0 Å². The Morgan fingerprint density at radius 3 is 2.65 bits per heavy atom. The molecule has 0 spiro atoms. The average molecular weight is 237 g/mol. The van der Waals surface area contributed by atoms with Crippen LogP contribution in [0.4, 0.5) is 10.1 Å². The first kappa shape index (κ1) is 12.4. The number of benzene rings is 1. The molecule has 1 aromatic carbocycles. The predicted octanol–water partition coefficient (Wildman–Crippen LogP) is 3.26. The second kappa shape index (κ2) is 4.30. The Balaban J connectivity index is 2.48. The van der Waals surface area contributed by atoms with Crippen molar-refractivity contribution in [3.05, 3.63) is 29.6 Å². The molecule has 1 aliphatic rings. The topological polar surface area (TPSA) is 23.5 Å². The first-order chi connectivity index (χ1) is 7.93. The number of aliphatic hydroxyl groups excluding tert-OH is 1. The van der Waals surface area contributed by atoms with E-state index < -0.39 is 6.10 Å². The van der Waals surface area contributed by atoms with E-state index in [9.17, 15) is 9.50 Å². The molecule has 1 N–H and O–H groups in total. The van der Waals surface area contributed by atoms with Gasteiger partial charge < -0.3 is 10.0 Å². The third-order valence-electron chi connectivity index (χ3n) is 3.64. The fraction of sp³-hybridized carbons (Fsp3) is 0.571. The van der Waals surface area contributed by atoms with Crippen molar-refractivity contribution in [1.29, 1.82) is 0 Å². The van der Waals surface area contributed by atoms with Crippen LogP contribution in [0.25, 0.3) is 0 Å². The largest absolute Gasteiger partial charge is 0.389 e. The molecule has 3 heteroatoms. The number of rotatable bonds is 2. The normalized spacial score (nSPS) is 20.6. The Hall–Kier alpha value is -1.09. The number of anilines is 1. The molecule has 1 saturated heterocycles. The van der Waals surface area contributed by atoms with E-state index in [4.69, 9.17) is 0 Å². The van der Waals surface area contributed by atoms with Crippen LogP contribution < -0.4 is 4.90 Å². The lowest BCUT2D eigenvalue weighted by Gasteiger charge is -2.35. The standard InChI is InChI=1S/C14H20FNO/c1-10(17)13-11(15)6-4-7-12(13)16-9-5-8-14(16,2)3/h4,6-7,10,17H,5,8-9H2,1-3H3/t10-/m1/s1. The summed E-state index contributed by atoms with van der Waals surface area (Å²) in [6.45, 7) is 6.87. The molecule has 0 unspecified atom stereocenters. The van der Waals surface area contributed by atoms with Crippen LogP contribution in [-0.4, -0.2) is 17.2 Å². The van der Waals surface area contributed by atoms with Crippen molar-refractivity contribution in [1.82, 2.24) is 0 Å². The number of aliphatic hydroxyl groups is 1. The first-order valence-corrected chi connectivity index (χ1v) is 6.17. The molecule has 1 aliphatic heterocycles. The second-order valence-electron chi connectivity index (χ2n) is 5.42. The maximum absolute atomic E-state index is 13.8. The van der Waals surface area contributed by atoms with E-state index in [1.165, 1.54) is 6.07 Å². The molecule has 0 aliphatic carbocycles. The van der Waals surface area contributed by atoms with Gasteiger partial charge in [0.1, 0.15) is 5.82 Å². The van der Waals surface area contributed by atoms with Crippen molar-refractivity contribution in [2.45, 2.75) is 45.3 Å². The summed E-state index contributed by atoms with van der Waals surface area (Å²) in [6.07, 6.45) is 1.44. The van der Waals surface area contributed by atoms with Gasteiger partial charge in [0.2, 0.25) is 0 Å². The molecular weight excluding hydrogens is 217 g/mol. The van der Waals surface area contributed by atoms with Gasteiger partial charge in [-0.1, -0.05) is 6.07 Å². The lowest BCUT2D eigenvalue weighted by Crippen LogP contribution is -2.39. The van der Waals surface area contributed by atoms with Crippen molar-refractivity contribution < 1.29 is 9.50 Å². The molecular formula is C14H20FNO. The summed E-state index contributed by atoms with van der Waals surface area (Å²) >= 11 is 0. The van der Waals surface area contributed by atoms with Crippen LogP contribution in [-0.2, 0) is 0 Å². The van der Waals surface area contributed by atoms with Crippen molar-refractivity contribution in [2.75, 3.05) is 11.4 Å². The Morgan fingerprint density at radius 1 is 1.41 bits per heavy atom. The number of hydrogen-bond donors (Lipinski definition) is 1. The molecule has 1 atom stereocenters. The highest BCUT2D eigenvalue weighted by Crippen LogP contribution is 2.38. The highest BCUT2D eigenvalue weighted by Gasteiger charge is 2.34. The fourth-order valence-electron chi connectivity index (χ4n) is 2.73. The van der Waals surface area contributed by atoms with Crippen LogP contribution in [0, 0.1) is 5.82 Å². The Kier molecular flexibility index (Phi) is 3.13. The monoisotopic (exact) mass is 237 g/mol. The van der Waals surface area contributed by atoms with E-state index in [1.54, 1.807) is 13.0 Å². The number of nitrogens with zero attached hydrogens (tertiary/aromatic N) is 1. The highest BCUT2D eigenvalue weighted by molar-refractivity contribution is 5.57. The van der Waals surface area contributed by atoms with Gasteiger partial charge in [-0.15, -0.1) is 0 Å². The van der Waals surface area contributed by atoms with E-state index in [0.717, 1.165) is 25.1 Å². The summed E-state index contributed by atoms with van der Waals surface area (Å²) in [5.41, 5.74) is 1.29. The first-order valence-electron chi connectivity index (χ1n) is 6.17. The van der Waals surface area contributed by atoms with Crippen molar-refractivity contribution in [3.8, 4) is 0 Å². The van der Waals surface area contributed by atoms with Gasteiger partial charge in [-0.25, -0.2) is 4.39 Å². The van der Waals surface area contributed by atoms with Gasteiger partial charge in [0.15, 0.2) is 0 Å². The van der Waals surface area contributed by atoms with Crippen molar-refractivity contribution >= 4 is 5.69 Å². The van der Waals surface area contributed by atoms with E-state index in [-0.39, 0.29) is 11.4 Å². The SMILES string of the molecule is C[C@@H](O)c1c(F)cccc1N1CCCC1(C)C. The lowest BCUT2D eigenvalue weighted by molar-refractivity contribution is 0.194. The predicted molar refractivity (Wildman–Crippen MR) is 67.7 cm³/mol. The summed E-state index contributed by atoms with van der Waals surface area (Å²) in [6, 6.07) is 5.03. The smallest absolute Gasteiger partial charge is 0.131 e. The van der Waals surface area contributed by atoms with Crippen molar-refractivity contribution in [2.24, 2.45) is 0 Å². The summed E-state index contributed by atoms with van der Waals surface area (Å²) in [5.74, 6) is -0.319. The minimum absolute atomic E-state index is 0.0391. The summed E-state index contributed by atoms with van der Waals surface area (Å²) in [7, 11) is 0. The van der Waals surface area contributed by atoms with E-state index in [2.05, 4.69) is 18.7 Å². The molecule has 0 aromatic heterocycles. The van der Waals surface area contributed by atoms with Crippen LogP contribution in [0.5, 0.6) is 0 Å². The van der Waals surface area contributed by atoms with E-state index in [0.29, 0.717) is 5.56 Å². The molecule has 1 aromatic rings. The summed E-state index contributed by atoms with van der Waals surface area (Å²) in [4.78, 5) is 2.21. The summed E-state index contributed by atoms with van der Waals surface area (Å²) < 4.78 is 13.8. The molecule has 2 nitrogen and oxygen atoms in total. The summed E-state index contributed by atoms with van der Waals surface area (Å²) in [5, 5.41) is 9.75. The van der Waals surface area contributed by atoms with Gasteiger partial charge in [-0.2, -0.15) is 0 Å². The highest BCUT2D eigenvalue weighted by atomic mass is 19.1. The lowest BCUT2D eigenvalue weighted by atomic mass is 9.99. The quantitative estimate of drug-likeness (QED) is 0.853. The third kappa shape index (κ3) is 2.16. The van der Waals surface area contributed by atoms with Gasteiger partial charge in [0, 0.05) is 23.3 Å². The second-order valence-corrected chi connectivity index (χ2v) is 5.42. The maximum Gasteiger partial charge on any atom is 0.131 e. The minimum Gasteiger partial charge on any atom is -0.389 e. The van der Waals surface area contributed by atoms with Gasteiger partial charge >= 0.3 is 0 Å². The Labute approximate surface area is 102 Å². The molecule has 17 heavy (non-hydrogen) atoms. The third-order valence-corrected chi connectivity index (χ3v) is 3.64. The van der Waals surface area contributed by atoms with Crippen LogP contribution in [0.2, 0.25) is 0 Å². The van der Waals surface area contributed by atoms with E-state index >= 15 is 0 Å². The number of halogens is 1. The van der Waals surface area contributed by atoms with Gasteiger partial charge in [0.25, 0.3) is 0 Å². The van der Waals surface area contributed by atoms with Crippen LogP contribution in [0.3, 0.4) is 0 Å². The molecule has 0 saturated carbocycles. The Morgan fingerprint density at radius 2 is 2.12 bits per heavy atom. The minimum atomic E-state index is -0.775. The van der Waals surface area contributed by atoms with Crippen LogP contribution >= 0.6 is 0 Å². The number of hydrogen-bond acceptors (Lipinski definition) is 2. The Bertz CT molecular complexity index is 415. The van der Waals surface area contributed by atoms with Gasteiger partial charge in [-0.3, -0.25) is 0 Å². The fourth-order valence-corrected chi connectivity index (χ4v) is 2.73. The molecule has 1 fully saturated rings. The maximum atomic E-state index is 13.8. The molecule has 0 bridgehead atoms. The average Bonchev–Trinajstić information content (AvgIpc) is 2.57. The zero-order valence-corrected chi connectivity index (χ0v) is 10.7.